The number of hydrogen-bond donors (Lipinski definition) is 1. The van der Waals surface area contributed by atoms with E-state index in [2.05, 4.69) is 10.3 Å². The van der Waals surface area contributed by atoms with Crippen LogP contribution < -0.4 is 19.7 Å². The van der Waals surface area contributed by atoms with Crippen molar-refractivity contribution >= 4 is 40.4 Å². The highest BCUT2D eigenvalue weighted by molar-refractivity contribution is 7.13. The van der Waals surface area contributed by atoms with Crippen LogP contribution in [-0.4, -0.2) is 37.1 Å². The predicted molar refractivity (Wildman–Crippen MR) is 147 cm³/mol. The summed E-state index contributed by atoms with van der Waals surface area (Å²) in [4.78, 5) is 34.7. The first-order valence-electron chi connectivity index (χ1n) is 12.4. The van der Waals surface area contributed by atoms with E-state index in [4.69, 9.17) is 21.1 Å². The van der Waals surface area contributed by atoms with Crippen molar-refractivity contribution < 1.29 is 19.1 Å². The van der Waals surface area contributed by atoms with Crippen LogP contribution in [-0.2, 0) is 4.79 Å². The maximum absolute atomic E-state index is 14.2. The Labute approximate surface area is 226 Å². The van der Waals surface area contributed by atoms with Crippen LogP contribution in [0.15, 0.2) is 42.5 Å². The largest absolute Gasteiger partial charge is 0.497 e. The van der Waals surface area contributed by atoms with Gasteiger partial charge in [0.1, 0.15) is 22.4 Å². The molecule has 0 radical (unpaired) electrons. The van der Waals surface area contributed by atoms with Crippen molar-refractivity contribution in [2.75, 3.05) is 19.1 Å². The first-order valence-corrected chi connectivity index (χ1v) is 13.6. The molecule has 1 fully saturated rings. The van der Waals surface area contributed by atoms with E-state index >= 15 is 0 Å². The maximum Gasteiger partial charge on any atom is 0.271 e. The highest BCUT2D eigenvalue weighted by Gasteiger charge is 2.36. The van der Waals surface area contributed by atoms with Gasteiger partial charge in [-0.3, -0.25) is 14.5 Å². The van der Waals surface area contributed by atoms with Crippen LogP contribution in [0.1, 0.15) is 64.1 Å². The Bertz CT molecular complexity index is 1250. The molecule has 1 atom stereocenters. The Morgan fingerprint density at radius 3 is 2.32 bits per heavy atom. The monoisotopic (exact) mass is 541 g/mol. The van der Waals surface area contributed by atoms with Crippen LogP contribution in [0.4, 0.5) is 5.69 Å². The Hall–Kier alpha value is -3.10. The number of amides is 2. The molecule has 1 unspecified atom stereocenters. The number of aryl methyl sites for hydroxylation is 2. The Morgan fingerprint density at radius 1 is 1.05 bits per heavy atom. The van der Waals surface area contributed by atoms with Crippen LogP contribution >= 0.6 is 22.9 Å². The van der Waals surface area contributed by atoms with E-state index in [1.807, 2.05) is 19.1 Å². The number of methoxy groups -OCH3 is 2. The fourth-order valence-corrected chi connectivity index (χ4v) is 5.87. The molecule has 1 aromatic heterocycles. The molecular weight excluding hydrogens is 510 g/mol. The second-order valence-corrected chi connectivity index (χ2v) is 10.8. The van der Waals surface area contributed by atoms with Gasteiger partial charge in [-0.05, 0) is 62.6 Å². The first kappa shape index (κ1) is 26.9. The lowest BCUT2D eigenvalue weighted by atomic mass is 9.94. The van der Waals surface area contributed by atoms with Gasteiger partial charge in [-0.2, -0.15) is 0 Å². The lowest BCUT2D eigenvalue weighted by molar-refractivity contribution is -0.123. The summed E-state index contributed by atoms with van der Waals surface area (Å²) < 4.78 is 10.7. The SMILES string of the molecule is COc1ccc(C(C(=O)NC2CCCCC2)N(C(=O)c2sc(C)nc2C)c2ccc(OC)c(Cl)c2)cc1. The van der Waals surface area contributed by atoms with E-state index in [1.54, 1.807) is 44.4 Å². The van der Waals surface area contributed by atoms with Crippen molar-refractivity contribution in [1.29, 1.82) is 0 Å². The van der Waals surface area contributed by atoms with E-state index in [9.17, 15) is 9.59 Å². The first-order chi connectivity index (χ1) is 17.8. The van der Waals surface area contributed by atoms with E-state index in [0.29, 0.717) is 38.3 Å². The van der Waals surface area contributed by atoms with Crippen molar-refractivity contribution in [3.8, 4) is 11.5 Å². The average molecular weight is 542 g/mol. The summed E-state index contributed by atoms with van der Waals surface area (Å²) >= 11 is 7.81. The van der Waals surface area contributed by atoms with Gasteiger partial charge in [0.05, 0.1) is 29.9 Å². The van der Waals surface area contributed by atoms with Crippen molar-refractivity contribution in [2.45, 2.75) is 58.0 Å². The smallest absolute Gasteiger partial charge is 0.271 e. The molecule has 3 aromatic rings. The number of nitrogens with one attached hydrogen (secondary N) is 1. The summed E-state index contributed by atoms with van der Waals surface area (Å²) in [6.07, 6.45) is 5.18. The van der Waals surface area contributed by atoms with Gasteiger partial charge in [-0.1, -0.05) is 43.0 Å². The van der Waals surface area contributed by atoms with Gasteiger partial charge in [-0.25, -0.2) is 4.98 Å². The average Bonchev–Trinajstić information content (AvgIpc) is 3.25. The van der Waals surface area contributed by atoms with E-state index in [-0.39, 0.29) is 17.9 Å². The van der Waals surface area contributed by atoms with E-state index in [0.717, 1.165) is 30.7 Å². The van der Waals surface area contributed by atoms with Crippen LogP contribution in [0.2, 0.25) is 5.02 Å². The molecule has 0 aliphatic heterocycles. The minimum absolute atomic E-state index is 0.0748. The molecule has 4 rings (SSSR count). The summed E-state index contributed by atoms with van der Waals surface area (Å²) in [6, 6.07) is 11.5. The zero-order valence-electron chi connectivity index (χ0n) is 21.5. The Morgan fingerprint density at radius 2 is 1.76 bits per heavy atom. The summed E-state index contributed by atoms with van der Waals surface area (Å²) in [5.41, 5.74) is 1.77. The van der Waals surface area contributed by atoms with Crippen LogP contribution in [0.5, 0.6) is 11.5 Å². The lowest BCUT2D eigenvalue weighted by Gasteiger charge is -2.33. The molecule has 0 bridgehead atoms. The molecule has 7 nitrogen and oxygen atoms in total. The van der Waals surface area contributed by atoms with Gasteiger partial charge in [0.25, 0.3) is 5.91 Å². The number of benzene rings is 2. The number of anilines is 1. The molecule has 1 N–H and O–H groups in total. The van der Waals surface area contributed by atoms with Gasteiger partial charge < -0.3 is 14.8 Å². The number of rotatable bonds is 8. The third-order valence-corrected chi connectivity index (χ3v) is 7.98. The summed E-state index contributed by atoms with van der Waals surface area (Å²) in [6.45, 7) is 3.67. The highest BCUT2D eigenvalue weighted by atomic mass is 35.5. The number of carbonyl (C=O) groups is 2. The Balaban J connectivity index is 1.85. The maximum atomic E-state index is 14.2. The zero-order valence-corrected chi connectivity index (χ0v) is 23.1. The number of carbonyl (C=O) groups excluding carboxylic acids is 2. The summed E-state index contributed by atoms with van der Waals surface area (Å²) in [5, 5.41) is 4.35. The van der Waals surface area contributed by atoms with Crippen LogP contribution in [0.3, 0.4) is 0 Å². The van der Waals surface area contributed by atoms with Gasteiger partial charge >= 0.3 is 0 Å². The zero-order chi connectivity index (χ0) is 26.5. The highest BCUT2D eigenvalue weighted by Crippen LogP contribution is 2.36. The molecule has 0 spiro atoms. The number of ether oxygens (including phenoxy) is 2. The number of hydrogen-bond acceptors (Lipinski definition) is 6. The molecule has 1 aliphatic carbocycles. The number of nitrogens with zero attached hydrogens (tertiary/aromatic N) is 2. The van der Waals surface area contributed by atoms with Crippen molar-refractivity contribution in [2.24, 2.45) is 0 Å². The molecule has 0 saturated heterocycles. The van der Waals surface area contributed by atoms with Crippen molar-refractivity contribution in [1.82, 2.24) is 10.3 Å². The molecule has 196 valence electrons. The lowest BCUT2D eigenvalue weighted by Crippen LogP contribution is -2.47. The van der Waals surface area contributed by atoms with Crippen molar-refractivity contribution in [3.63, 3.8) is 0 Å². The molecule has 1 aliphatic rings. The molecule has 2 aromatic carbocycles. The van der Waals surface area contributed by atoms with Crippen LogP contribution in [0, 0.1) is 13.8 Å². The van der Waals surface area contributed by atoms with Gasteiger partial charge in [0.15, 0.2) is 0 Å². The molecular formula is C28H32ClN3O4S. The number of aromatic nitrogens is 1. The van der Waals surface area contributed by atoms with E-state index < -0.39 is 6.04 Å². The second-order valence-electron chi connectivity index (χ2n) is 9.16. The van der Waals surface area contributed by atoms with Gasteiger partial charge in [0.2, 0.25) is 5.91 Å². The molecule has 1 saturated carbocycles. The van der Waals surface area contributed by atoms with Crippen LogP contribution in [0.25, 0.3) is 0 Å². The van der Waals surface area contributed by atoms with Crippen molar-refractivity contribution in [3.05, 3.63) is 68.6 Å². The fraction of sp³-hybridized carbons (Fsp3) is 0.393. The summed E-state index contributed by atoms with van der Waals surface area (Å²) in [5.74, 6) is 0.588. The minimum Gasteiger partial charge on any atom is -0.497 e. The van der Waals surface area contributed by atoms with Gasteiger partial charge in [0, 0.05) is 11.7 Å². The quantitative estimate of drug-likeness (QED) is 0.363. The normalized spacial score (nSPS) is 14.6. The third-order valence-electron chi connectivity index (χ3n) is 6.62. The minimum atomic E-state index is -0.938. The van der Waals surface area contributed by atoms with E-state index in [1.165, 1.54) is 29.8 Å². The molecule has 2 amide bonds. The molecule has 9 heteroatoms. The fourth-order valence-electron chi connectivity index (χ4n) is 4.76. The third kappa shape index (κ3) is 6.08. The molecule has 37 heavy (non-hydrogen) atoms. The second kappa shape index (κ2) is 12.0. The number of halogens is 1. The Kier molecular flexibility index (Phi) is 8.71. The molecule has 1 heterocycles. The predicted octanol–water partition coefficient (Wildman–Crippen LogP) is 6.27. The standard InChI is InChI=1S/C28H32ClN3O4S/c1-17-26(37-18(2)30-17)28(34)32(21-12-15-24(36-4)23(29)16-21)25(19-10-13-22(35-3)14-11-19)27(33)31-20-8-6-5-7-9-20/h10-16,20,25H,5-9H2,1-4H3,(H,31,33). The summed E-state index contributed by atoms with van der Waals surface area (Å²) in [7, 11) is 3.12. The number of thiazole rings is 1. The van der Waals surface area contributed by atoms with Gasteiger partial charge in [-0.15, -0.1) is 11.3 Å². The topological polar surface area (TPSA) is 80.8 Å².